The molecule has 0 saturated heterocycles. The van der Waals surface area contributed by atoms with E-state index in [0.717, 1.165) is 18.9 Å². The Morgan fingerprint density at radius 2 is 1.47 bits per heavy atom. The topological polar surface area (TPSA) is 62.0 Å². The van der Waals surface area contributed by atoms with Crippen LogP contribution in [-0.4, -0.2) is 22.2 Å². The molecule has 30 heavy (non-hydrogen) atoms. The third-order valence-electron chi connectivity index (χ3n) is 4.50. The van der Waals surface area contributed by atoms with Crippen LogP contribution in [0.15, 0.2) is 42.5 Å². The lowest BCUT2D eigenvalue weighted by Gasteiger charge is -2.17. The summed E-state index contributed by atoms with van der Waals surface area (Å²) in [4.78, 5) is 2.86. The first-order valence-electron chi connectivity index (χ1n) is 10.5. The average Bonchev–Trinajstić information content (AvgIpc) is 3.34. The van der Waals surface area contributed by atoms with Crippen molar-refractivity contribution in [2.45, 2.75) is 64.5 Å². The van der Waals surface area contributed by atoms with E-state index in [1.807, 2.05) is 0 Å². The largest absolute Gasteiger partial charge is 0.393 e. The average molecular weight is 421 g/mol. The van der Waals surface area contributed by atoms with Crippen molar-refractivity contribution in [2.24, 2.45) is 5.73 Å². The lowest BCUT2D eigenvalue weighted by molar-refractivity contribution is 0.0950. The number of aromatic amines is 1. The van der Waals surface area contributed by atoms with E-state index in [0.29, 0.717) is 22.7 Å². The number of fused-ring (bicyclic) bond motifs is 1. The standard InChI is InChI=1S/C14H8F3N.C4H8O.C3H7N.C3H8/c15-10-3-1-8(2-4-10)13-6-9-5-11(16)7-12(17)14(9)18-13;5-4-2-1-3-4;4-3-1-2-3;1-3-2/h1-7,18H;4-5H,1-3H2;3H,1-2,4H2;3H2,1-2H3. The third kappa shape index (κ3) is 7.84. The second kappa shape index (κ2) is 11.8. The Morgan fingerprint density at radius 3 is 1.90 bits per heavy atom. The van der Waals surface area contributed by atoms with Crippen LogP contribution in [0.5, 0.6) is 0 Å². The smallest absolute Gasteiger partial charge is 0.150 e. The molecule has 2 fully saturated rings. The zero-order valence-electron chi connectivity index (χ0n) is 17.6. The summed E-state index contributed by atoms with van der Waals surface area (Å²) in [5, 5.41) is 8.90. The number of aliphatic hydroxyl groups excluding tert-OH is 1. The van der Waals surface area contributed by atoms with Crippen LogP contribution in [-0.2, 0) is 0 Å². The van der Waals surface area contributed by atoms with Gasteiger partial charge < -0.3 is 15.8 Å². The molecule has 1 aromatic heterocycles. The van der Waals surface area contributed by atoms with Gasteiger partial charge in [-0.1, -0.05) is 20.3 Å². The fourth-order valence-electron chi connectivity index (χ4n) is 2.43. The molecule has 1 heterocycles. The zero-order chi connectivity index (χ0) is 22.1. The van der Waals surface area contributed by atoms with Crippen molar-refractivity contribution in [3.63, 3.8) is 0 Å². The van der Waals surface area contributed by atoms with E-state index in [4.69, 9.17) is 10.8 Å². The predicted molar refractivity (Wildman–Crippen MR) is 117 cm³/mol. The summed E-state index contributed by atoms with van der Waals surface area (Å²) in [5.41, 5.74) is 6.80. The number of hydrogen-bond donors (Lipinski definition) is 3. The molecule has 0 spiro atoms. The number of benzene rings is 2. The van der Waals surface area contributed by atoms with Crippen LogP contribution in [0.4, 0.5) is 13.2 Å². The quantitative estimate of drug-likeness (QED) is 0.432. The number of aliphatic hydroxyl groups is 1. The van der Waals surface area contributed by atoms with E-state index in [9.17, 15) is 13.2 Å². The van der Waals surface area contributed by atoms with Gasteiger partial charge in [-0.15, -0.1) is 0 Å². The molecule has 4 N–H and O–H groups in total. The van der Waals surface area contributed by atoms with Crippen LogP contribution in [0.3, 0.4) is 0 Å². The van der Waals surface area contributed by atoms with E-state index in [2.05, 4.69) is 18.8 Å². The highest BCUT2D eigenvalue weighted by atomic mass is 19.1. The maximum absolute atomic E-state index is 13.5. The van der Waals surface area contributed by atoms with Gasteiger partial charge in [-0.05, 0) is 74.1 Å². The fourth-order valence-corrected chi connectivity index (χ4v) is 2.43. The SMILES string of the molecule is CCC.Fc1ccc(-c2cc3cc(F)cc(F)c3[nH]2)cc1.NC1CC1.OC1CCC1. The van der Waals surface area contributed by atoms with Crippen molar-refractivity contribution >= 4 is 10.9 Å². The Balaban J connectivity index is 0.000000216. The van der Waals surface area contributed by atoms with E-state index in [-0.39, 0.29) is 17.4 Å². The van der Waals surface area contributed by atoms with E-state index in [1.165, 1.54) is 43.9 Å². The summed E-state index contributed by atoms with van der Waals surface area (Å²) in [7, 11) is 0. The second-order valence-corrected chi connectivity index (χ2v) is 7.67. The number of halogens is 3. The molecule has 3 nitrogen and oxygen atoms in total. The lowest BCUT2D eigenvalue weighted by atomic mass is 9.97. The number of H-pyrrole nitrogens is 1. The molecule has 164 valence electrons. The van der Waals surface area contributed by atoms with Crippen molar-refractivity contribution in [1.29, 1.82) is 0 Å². The minimum Gasteiger partial charge on any atom is -0.393 e. The highest BCUT2D eigenvalue weighted by Crippen LogP contribution is 2.26. The van der Waals surface area contributed by atoms with Gasteiger partial charge in [0.25, 0.3) is 0 Å². The summed E-state index contributed by atoms with van der Waals surface area (Å²) in [6.07, 6.45) is 7.16. The highest BCUT2D eigenvalue weighted by molar-refractivity contribution is 5.86. The minimum atomic E-state index is -0.640. The number of rotatable bonds is 1. The van der Waals surface area contributed by atoms with Gasteiger partial charge in [0.05, 0.1) is 11.6 Å². The van der Waals surface area contributed by atoms with Crippen LogP contribution < -0.4 is 5.73 Å². The van der Waals surface area contributed by atoms with Crippen molar-refractivity contribution in [3.05, 3.63) is 59.9 Å². The van der Waals surface area contributed by atoms with Crippen LogP contribution in [0.1, 0.15) is 52.4 Å². The van der Waals surface area contributed by atoms with Crippen molar-refractivity contribution in [1.82, 2.24) is 4.98 Å². The molecular formula is C24H31F3N2O. The fraction of sp³-hybridized carbons (Fsp3) is 0.417. The Labute approximate surface area is 176 Å². The van der Waals surface area contributed by atoms with Gasteiger partial charge in [0, 0.05) is 23.2 Å². The van der Waals surface area contributed by atoms with Crippen molar-refractivity contribution in [3.8, 4) is 11.3 Å². The molecule has 2 saturated carbocycles. The number of nitrogens with two attached hydrogens (primary N) is 1. The number of aromatic nitrogens is 1. The minimum absolute atomic E-state index is 0.0648. The molecule has 2 aromatic carbocycles. The zero-order valence-corrected chi connectivity index (χ0v) is 17.6. The molecule has 0 radical (unpaired) electrons. The van der Waals surface area contributed by atoms with E-state index in [1.54, 1.807) is 18.2 Å². The highest BCUT2D eigenvalue weighted by Gasteiger charge is 2.13. The number of hydrogen-bond acceptors (Lipinski definition) is 2. The Kier molecular flexibility index (Phi) is 9.40. The first kappa shape index (κ1) is 24.0. The number of nitrogens with one attached hydrogen (secondary N) is 1. The Bertz CT molecular complexity index is 901. The van der Waals surface area contributed by atoms with Crippen molar-refractivity contribution < 1.29 is 18.3 Å². The van der Waals surface area contributed by atoms with E-state index >= 15 is 0 Å². The molecular weight excluding hydrogens is 389 g/mol. The van der Waals surface area contributed by atoms with Crippen molar-refractivity contribution in [2.75, 3.05) is 0 Å². The lowest BCUT2D eigenvalue weighted by Crippen LogP contribution is -2.15. The molecule has 5 rings (SSSR count). The predicted octanol–water partition coefficient (Wildman–Crippen LogP) is 6.31. The van der Waals surface area contributed by atoms with Gasteiger partial charge in [-0.2, -0.15) is 0 Å². The van der Waals surface area contributed by atoms with Gasteiger partial charge in [-0.25, -0.2) is 13.2 Å². The van der Waals surface area contributed by atoms with Crippen LogP contribution >= 0.6 is 0 Å². The summed E-state index contributed by atoms with van der Waals surface area (Å²) in [6.45, 7) is 4.25. The normalized spacial score (nSPS) is 15.0. The molecule has 2 aliphatic carbocycles. The Hall–Kier alpha value is -2.31. The van der Waals surface area contributed by atoms with Crippen LogP contribution in [0.2, 0.25) is 0 Å². The monoisotopic (exact) mass is 420 g/mol. The molecule has 0 unspecified atom stereocenters. The van der Waals surface area contributed by atoms with Gasteiger partial charge in [-0.3, -0.25) is 0 Å². The molecule has 6 heteroatoms. The molecule has 0 aliphatic heterocycles. The van der Waals surface area contributed by atoms with Gasteiger partial charge >= 0.3 is 0 Å². The molecule has 0 bridgehead atoms. The molecule has 0 amide bonds. The Morgan fingerprint density at radius 1 is 0.933 bits per heavy atom. The van der Waals surface area contributed by atoms with Crippen LogP contribution in [0, 0.1) is 17.5 Å². The summed E-state index contributed by atoms with van der Waals surface area (Å²) < 4.78 is 39.4. The summed E-state index contributed by atoms with van der Waals surface area (Å²) in [6, 6.07) is 10.1. The summed E-state index contributed by atoms with van der Waals surface area (Å²) in [5.74, 6) is -1.60. The summed E-state index contributed by atoms with van der Waals surface area (Å²) >= 11 is 0. The van der Waals surface area contributed by atoms with Crippen LogP contribution in [0.25, 0.3) is 22.2 Å². The van der Waals surface area contributed by atoms with Gasteiger partial charge in [0.1, 0.15) is 17.5 Å². The first-order chi connectivity index (χ1) is 14.3. The third-order valence-corrected chi connectivity index (χ3v) is 4.50. The molecule has 2 aliphatic rings. The molecule has 0 atom stereocenters. The van der Waals surface area contributed by atoms with Gasteiger partial charge in [0.15, 0.2) is 0 Å². The maximum atomic E-state index is 13.5. The van der Waals surface area contributed by atoms with Gasteiger partial charge in [0.2, 0.25) is 0 Å². The maximum Gasteiger partial charge on any atom is 0.150 e. The van der Waals surface area contributed by atoms with E-state index < -0.39 is 11.6 Å². The first-order valence-corrected chi connectivity index (χ1v) is 10.5. The molecule has 3 aromatic rings. The second-order valence-electron chi connectivity index (χ2n) is 7.67.